The SMILES string of the molecule is CC1O[C@@H]2C[C@H]3[C@H]4C5=C(C(=O)OCC5=C[C@]13C1=C2C(=O)OCC1)[C@@H](O)O[C@@H]4c1cccc2c1CCOC2=O. The van der Waals surface area contributed by atoms with Gasteiger partial charge >= 0.3 is 17.9 Å². The Kier molecular flexibility index (Phi) is 4.57. The molecule has 1 saturated heterocycles. The van der Waals surface area contributed by atoms with Gasteiger partial charge in [0.2, 0.25) is 0 Å². The van der Waals surface area contributed by atoms with Crippen LogP contribution in [0, 0.1) is 17.3 Å². The van der Waals surface area contributed by atoms with Gasteiger partial charge in [0.1, 0.15) is 6.61 Å². The molecule has 6 aliphatic heterocycles. The van der Waals surface area contributed by atoms with Crippen LogP contribution in [0.1, 0.15) is 47.4 Å². The lowest BCUT2D eigenvalue weighted by Crippen LogP contribution is -2.62. The fourth-order valence-electron chi connectivity index (χ4n) is 8.31. The minimum Gasteiger partial charge on any atom is -0.462 e. The highest BCUT2D eigenvalue weighted by molar-refractivity contribution is 5.95. The van der Waals surface area contributed by atoms with Crippen LogP contribution in [0.3, 0.4) is 0 Å². The zero-order valence-corrected chi connectivity index (χ0v) is 20.7. The normalized spacial score (nSPS) is 38.8. The van der Waals surface area contributed by atoms with Gasteiger partial charge in [0, 0.05) is 24.2 Å². The molecule has 196 valence electrons. The maximum Gasteiger partial charge on any atom is 0.339 e. The van der Waals surface area contributed by atoms with E-state index >= 15 is 0 Å². The van der Waals surface area contributed by atoms with Gasteiger partial charge in [-0.15, -0.1) is 0 Å². The molecular formula is C29H26O9. The van der Waals surface area contributed by atoms with Gasteiger partial charge in [0.15, 0.2) is 6.29 Å². The minimum absolute atomic E-state index is 0.0653. The highest BCUT2D eigenvalue weighted by Gasteiger charge is 2.65. The first-order valence-corrected chi connectivity index (χ1v) is 13.2. The molecule has 7 atom stereocenters. The number of aliphatic hydroxyl groups is 1. The molecule has 8 aliphatic rings. The van der Waals surface area contributed by atoms with E-state index in [0.717, 1.165) is 27.8 Å². The van der Waals surface area contributed by atoms with Crippen LogP contribution >= 0.6 is 0 Å². The van der Waals surface area contributed by atoms with Crippen LogP contribution in [0.15, 0.2) is 52.1 Å². The number of esters is 3. The van der Waals surface area contributed by atoms with Crippen molar-refractivity contribution >= 4 is 17.9 Å². The number of hydrogen-bond donors (Lipinski definition) is 1. The van der Waals surface area contributed by atoms with Crippen molar-refractivity contribution in [3.63, 3.8) is 0 Å². The molecule has 9 rings (SSSR count). The lowest BCUT2D eigenvalue weighted by atomic mass is 9.47. The summed E-state index contributed by atoms with van der Waals surface area (Å²) in [6.45, 7) is 2.70. The molecule has 6 heterocycles. The summed E-state index contributed by atoms with van der Waals surface area (Å²) < 4.78 is 28.9. The Bertz CT molecular complexity index is 1430. The Morgan fingerprint density at radius 1 is 0.921 bits per heavy atom. The van der Waals surface area contributed by atoms with E-state index in [-0.39, 0.29) is 48.7 Å². The Hall–Kier alpha value is -3.27. The van der Waals surface area contributed by atoms with Crippen molar-refractivity contribution in [2.24, 2.45) is 17.3 Å². The lowest BCUT2D eigenvalue weighted by molar-refractivity contribution is -0.195. The van der Waals surface area contributed by atoms with E-state index in [1.54, 1.807) is 12.1 Å². The monoisotopic (exact) mass is 518 g/mol. The first-order chi connectivity index (χ1) is 18.4. The molecular weight excluding hydrogens is 492 g/mol. The van der Waals surface area contributed by atoms with Gasteiger partial charge in [-0.1, -0.05) is 18.2 Å². The number of hydrogen-bond acceptors (Lipinski definition) is 9. The van der Waals surface area contributed by atoms with Crippen molar-refractivity contribution in [2.45, 2.75) is 50.8 Å². The second-order valence-corrected chi connectivity index (χ2v) is 11.1. The highest BCUT2D eigenvalue weighted by Crippen LogP contribution is 2.66. The van der Waals surface area contributed by atoms with Gasteiger partial charge < -0.3 is 28.8 Å². The molecule has 1 aromatic carbocycles. The van der Waals surface area contributed by atoms with E-state index in [1.807, 2.05) is 13.0 Å². The van der Waals surface area contributed by atoms with Crippen molar-refractivity contribution in [1.82, 2.24) is 0 Å². The number of benzene rings is 1. The van der Waals surface area contributed by atoms with Gasteiger partial charge in [-0.25, -0.2) is 14.4 Å². The first-order valence-electron chi connectivity index (χ1n) is 13.2. The van der Waals surface area contributed by atoms with Gasteiger partial charge in [0.05, 0.1) is 48.2 Å². The molecule has 1 unspecified atom stereocenters. The molecule has 2 aliphatic carbocycles. The first kappa shape index (κ1) is 22.7. The molecule has 0 amide bonds. The molecule has 0 radical (unpaired) electrons. The number of cyclic esters (lactones) is 3. The smallest absolute Gasteiger partial charge is 0.339 e. The Labute approximate surface area is 218 Å². The number of aliphatic hydroxyl groups excluding tert-OH is 1. The number of ether oxygens (including phenoxy) is 5. The third-order valence-corrected chi connectivity index (χ3v) is 9.66. The molecule has 9 nitrogen and oxygen atoms in total. The van der Waals surface area contributed by atoms with E-state index in [4.69, 9.17) is 23.7 Å². The van der Waals surface area contributed by atoms with Crippen LogP contribution in [0.2, 0.25) is 0 Å². The Morgan fingerprint density at radius 2 is 1.71 bits per heavy atom. The molecule has 0 saturated carbocycles. The van der Waals surface area contributed by atoms with Gasteiger partial charge in [0.25, 0.3) is 0 Å². The van der Waals surface area contributed by atoms with Gasteiger partial charge in [-0.2, -0.15) is 0 Å². The fourth-order valence-corrected chi connectivity index (χ4v) is 8.31. The predicted molar refractivity (Wildman–Crippen MR) is 127 cm³/mol. The predicted octanol–water partition coefficient (Wildman–Crippen LogP) is 2.24. The number of fused-ring (bicyclic) bond motifs is 2. The van der Waals surface area contributed by atoms with Gasteiger partial charge in [-0.3, -0.25) is 0 Å². The Balaban J connectivity index is 1.39. The Morgan fingerprint density at radius 3 is 2.58 bits per heavy atom. The lowest BCUT2D eigenvalue weighted by Gasteiger charge is -2.62. The molecule has 9 heteroatoms. The van der Waals surface area contributed by atoms with E-state index in [9.17, 15) is 19.5 Å². The number of carbonyl (C=O) groups is 3. The average Bonchev–Trinajstić information content (AvgIpc) is 2.91. The van der Waals surface area contributed by atoms with Crippen LogP contribution in [0.5, 0.6) is 0 Å². The maximum atomic E-state index is 12.9. The topological polar surface area (TPSA) is 118 Å². The summed E-state index contributed by atoms with van der Waals surface area (Å²) in [5.41, 5.74) is 4.96. The van der Waals surface area contributed by atoms with Crippen molar-refractivity contribution in [2.75, 3.05) is 19.8 Å². The van der Waals surface area contributed by atoms with Crippen molar-refractivity contribution < 1.29 is 43.2 Å². The standard InChI is InChI=1S/C29H26O9/c1-12-29-10-13-11-36-27(32)23-20(13)22(18(29)9-19(37-12)21-17(29)6-8-35-26(21)31)24(38-28(23)33)15-3-2-4-16-14(15)5-7-34-25(16)30/h2-4,10,12,18-19,22,24,28,33H,5-9,11H2,1H3/t12?,18-,19+,22-,24+,28-,29+/m0/s1. The summed E-state index contributed by atoms with van der Waals surface area (Å²) in [4.78, 5) is 38.4. The average molecular weight is 519 g/mol. The summed E-state index contributed by atoms with van der Waals surface area (Å²) in [6, 6.07) is 5.50. The zero-order chi connectivity index (χ0) is 25.9. The summed E-state index contributed by atoms with van der Waals surface area (Å²) >= 11 is 0. The van der Waals surface area contributed by atoms with Crippen molar-refractivity contribution in [3.8, 4) is 0 Å². The number of carbonyl (C=O) groups excluding carboxylic acids is 3. The summed E-state index contributed by atoms with van der Waals surface area (Å²) in [6.07, 6.45) is 1.12. The van der Waals surface area contributed by atoms with E-state index in [2.05, 4.69) is 6.08 Å². The van der Waals surface area contributed by atoms with Crippen LogP contribution in [-0.2, 0) is 39.7 Å². The highest BCUT2D eigenvalue weighted by atomic mass is 16.6. The van der Waals surface area contributed by atoms with E-state index < -0.39 is 29.9 Å². The van der Waals surface area contributed by atoms with Crippen LogP contribution in [-0.4, -0.2) is 61.3 Å². The molecule has 2 bridgehead atoms. The fraction of sp³-hybridized carbons (Fsp3) is 0.483. The van der Waals surface area contributed by atoms with E-state index in [1.165, 1.54) is 0 Å². The minimum atomic E-state index is -1.46. The van der Waals surface area contributed by atoms with Crippen molar-refractivity contribution in [3.05, 3.63) is 68.8 Å². The number of rotatable bonds is 1. The largest absolute Gasteiger partial charge is 0.462 e. The third kappa shape index (κ3) is 2.69. The zero-order valence-electron chi connectivity index (χ0n) is 20.7. The summed E-state index contributed by atoms with van der Waals surface area (Å²) in [5.74, 6) is -1.65. The van der Waals surface area contributed by atoms with Crippen LogP contribution in [0.4, 0.5) is 0 Å². The molecule has 0 aromatic heterocycles. The van der Waals surface area contributed by atoms with Crippen LogP contribution < -0.4 is 0 Å². The van der Waals surface area contributed by atoms with Crippen molar-refractivity contribution in [1.29, 1.82) is 0 Å². The maximum absolute atomic E-state index is 12.9. The molecule has 38 heavy (non-hydrogen) atoms. The molecule has 1 N–H and O–H groups in total. The second kappa shape index (κ2) is 7.65. The summed E-state index contributed by atoms with van der Waals surface area (Å²) in [5, 5.41) is 11.1. The van der Waals surface area contributed by atoms with E-state index in [0.29, 0.717) is 37.0 Å². The second-order valence-electron chi connectivity index (χ2n) is 11.1. The molecule has 1 fully saturated rings. The quantitative estimate of drug-likeness (QED) is 0.441. The van der Waals surface area contributed by atoms with Crippen LogP contribution in [0.25, 0.3) is 0 Å². The molecule has 1 aromatic rings. The van der Waals surface area contributed by atoms with Gasteiger partial charge in [-0.05, 0) is 53.2 Å². The summed E-state index contributed by atoms with van der Waals surface area (Å²) in [7, 11) is 0. The third-order valence-electron chi connectivity index (χ3n) is 9.66. The molecule has 1 spiro atoms.